The number of ether oxygens (including phenoxy) is 3. The molecule has 0 saturated carbocycles. The fraction of sp³-hybridized carbons (Fsp3) is 0.450. The Morgan fingerprint density at radius 3 is 2.72 bits per heavy atom. The number of amides is 1. The van der Waals surface area contributed by atoms with Crippen LogP contribution in [0, 0.1) is 0 Å². The highest BCUT2D eigenvalue weighted by molar-refractivity contribution is 5.86. The monoisotopic (exact) mass is 343 g/mol. The van der Waals surface area contributed by atoms with Crippen LogP contribution in [0.15, 0.2) is 42.5 Å². The van der Waals surface area contributed by atoms with Crippen molar-refractivity contribution in [1.29, 1.82) is 0 Å². The van der Waals surface area contributed by atoms with E-state index in [2.05, 4.69) is 47.8 Å². The third-order valence-electron chi connectivity index (χ3n) is 4.39. The Kier molecular flexibility index (Phi) is 6.25. The largest absolute Gasteiger partial charge is 0.450 e. The molecule has 5 nitrogen and oxygen atoms in total. The maximum atomic E-state index is 11.2. The number of alkyl carbamates (subject to hydrolysis) is 1. The zero-order valence-corrected chi connectivity index (χ0v) is 14.6. The molecule has 1 aliphatic rings. The minimum absolute atomic E-state index is 0.199. The lowest BCUT2D eigenvalue weighted by Crippen LogP contribution is -2.32. The number of carbonyl (C=O) groups is 1. The lowest BCUT2D eigenvalue weighted by Gasteiger charge is -2.30. The van der Waals surface area contributed by atoms with Gasteiger partial charge in [-0.25, -0.2) is 4.79 Å². The molecule has 2 aromatic carbocycles. The number of rotatable bonds is 6. The zero-order chi connectivity index (χ0) is 17.5. The first-order valence-corrected chi connectivity index (χ1v) is 8.89. The van der Waals surface area contributed by atoms with Crippen molar-refractivity contribution in [3.63, 3.8) is 0 Å². The second-order valence-electron chi connectivity index (χ2n) is 6.15. The average Bonchev–Trinajstić information content (AvgIpc) is 2.66. The minimum atomic E-state index is -0.371. The first-order valence-electron chi connectivity index (χ1n) is 8.89. The summed E-state index contributed by atoms with van der Waals surface area (Å²) in [5.74, 6) is 0.250. The zero-order valence-electron chi connectivity index (χ0n) is 14.6. The maximum absolute atomic E-state index is 11.2. The lowest BCUT2D eigenvalue weighted by atomic mass is 9.94. The van der Waals surface area contributed by atoms with Crippen molar-refractivity contribution in [1.82, 2.24) is 5.32 Å². The molecule has 1 heterocycles. The summed E-state index contributed by atoms with van der Waals surface area (Å²) in [6.07, 6.45) is 0.982. The van der Waals surface area contributed by atoms with Crippen molar-refractivity contribution in [2.45, 2.75) is 32.0 Å². The molecular weight excluding hydrogens is 318 g/mol. The molecule has 3 rings (SSSR count). The highest BCUT2D eigenvalue weighted by Gasteiger charge is 2.24. The standard InChI is InChI=1S/C20H25NO4/c1-2-23-20(22)21-12-6-11-19-24-13-16(14-25-19)18-10-5-8-15-7-3-4-9-17(15)18/h3-5,7-10,16,19H,2,6,11-14H2,1H3,(H,21,22). The van der Waals surface area contributed by atoms with Crippen LogP contribution in [0.2, 0.25) is 0 Å². The molecule has 5 heteroatoms. The Bertz CT molecular complexity index is 690. The molecule has 2 aromatic rings. The minimum Gasteiger partial charge on any atom is -0.450 e. The summed E-state index contributed by atoms with van der Waals surface area (Å²) in [5.41, 5.74) is 1.28. The molecular formula is C20H25NO4. The van der Waals surface area contributed by atoms with Gasteiger partial charge in [-0.2, -0.15) is 0 Å². The van der Waals surface area contributed by atoms with Gasteiger partial charge in [0.2, 0.25) is 0 Å². The van der Waals surface area contributed by atoms with Crippen LogP contribution in [0.4, 0.5) is 4.79 Å². The summed E-state index contributed by atoms with van der Waals surface area (Å²) in [6.45, 7) is 4.05. The van der Waals surface area contributed by atoms with Crippen molar-refractivity contribution in [3.05, 3.63) is 48.0 Å². The van der Waals surface area contributed by atoms with Crippen LogP contribution in [0.5, 0.6) is 0 Å². The van der Waals surface area contributed by atoms with Crippen molar-refractivity contribution >= 4 is 16.9 Å². The van der Waals surface area contributed by atoms with Crippen molar-refractivity contribution in [3.8, 4) is 0 Å². The SMILES string of the molecule is CCOC(=O)NCCCC1OCC(c2cccc3ccccc23)CO1. The van der Waals surface area contributed by atoms with E-state index in [1.165, 1.54) is 16.3 Å². The molecule has 0 atom stereocenters. The molecule has 0 unspecified atom stereocenters. The molecule has 1 fully saturated rings. The summed E-state index contributed by atoms with van der Waals surface area (Å²) in [7, 11) is 0. The molecule has 0 bridgehead atoms. The maximum Gasteiger partial charge on any atom is 0.407 e. The highest BCUT2D eigenvalue weighted by Crippen LogP contribution is 2.29. The topological polar surface area (TPSA) is 56.8 Å². The third-order valence-corrected chi connectivity index (χ3v) is 4.39. The van der Waals surface area contributed by atoms with E-state index in [1.807, 2.05) is 0 Å². The third kappa shape index (κ3) is 4.71. The fourth-order valence-electron chi connectivity index (χ4n) is 3.14. The second-order valence-corrected chi connectivity index (χ2v) is 6.15. The van der Waals surface area contributed by atoms with Crippen molar-refractivity contribution in [2.24, 2.45) is 0 Å². The Balaban J connectivity index is 1.46. The number of carbonyl (C=O) groups excluding carboxylic acids is 1. The summed E-state index contributed by atoms with van der Waals surface area (Å²) >= 11 is 0. The predicted molar refractivity (Wildman–Crippen MR) is 96.6 cm³/mol. The van der Waals surface area contributed by atoms with Crippen LogP contribution in [0.25, 0.3) is 10.8 Å². The van der Waals surface area contributed by atoms with Gasteiger partial charge in [0, 0.05) is 18.9 Å². The van der Waals surface area contributed by atoms with Crippen LogP contribution in [0.3, 0.4) is 0 Å². The van der Waals surface area contributed by atoms with Crippen molar-refractivity contribution < 1.29 is 19.0 Å². The quantitative estimate of drug-likeness (QED) is 0.810. The molecule has 1 aliphatic heterocycles. The fourth-order valence-corrected chi connectivity index (χ4v) is 3.14. The Morgan fingerprint density at radius 2 is 1.92 bits per heavy atom. The highest BCUT2D eigenvalue weighted by atomic mass is 16.7. The van der Waals surface area contributed by atoms with E-state index in [0.717, 1.165) is 12.8 Å². The number of benzene rings is 2. The molecule has 1 saturated heterocycles. The van der Waals surface area contributed by atoms with E-state index in [0.29, 0.717) is 26.4 Å². The predicted octanol–water partition coefficient (Wildman–Crippen LogP) is 3.82. The first-order chi connectivity index (χ1) is 12.3. The smallest absolute Gasteiger partial charge is 0.407 e. The van der Waals surface area contributed by atoms with Crippen molar-refractivity contribution in [2.75, 3.05) is 26.4 Å². The Labute approximate surface area is 148 Å². The van der Waals surface area contributed by atoms with E-state index < -0.39 is 0 Å². The molecule has 134 valence electrons. The van der Waals surface area contributed by atoms with Crippen LogP contribution < -0.4 is 5.32 Å². The van der Waals surface area contributed by atoms with Gasteiger partial charge in [-0.05, 0) is 29.7 Å². The van der Waals surface area contributed by atoms with Gasteiger partial charge in [-0.3, -0.25) is 0 Å². The summed E-state index contributed by atoms with van der Waals surface area (Å²) < 4.78 is 16.6. The van der Waals surface area contributed by atoms with E-state index in [4.69, 9.17) is 14.2 Å². The number of nitrogens with one attached hydrogen (secondary N) is 1. The Hall–Kier alpha value is -2.11. The first kappa shape index (κ1) is 17.7. The van der Waals surface area contributed by atoms with E-state index in [9.17, 15) is 4.79 Å². The molecule has 1 N–H and O–H groups in total. The van der Waals surface area contributed by atoms with Gasteiger partial charge in [-0.1, -0.05) is 42.5 Å². The number of hydrogen-bond acceptors (Lipinski definition) is 4. The molecule has 0 aliphatic carbocycles. The number of fused-ring (bicyclic) bond motifs is 1. The van der Waals surface area contributed by atoms with E-state index in [-0.39, 0.29) is 18.3 Å². The van der Waals surface area contributed by atoms with Crippen LogP contribution in [-0.2, 0) is 14.2 Å². The summed E-state index contributed by atoms with van der Waals surface area (Å²) in [4.78, 5) is 11.2. The number of hydrogen-bond donors (Lipinski definition) is 1. The molecule has 1 amide bonds. The Morgan fingerprint density at radius 1 is 1.16 bits per heavy atom. The van der Waals surface area contributed by atoms with Gasteiger partial charge < -0.3 is 19.5 Å². The van der Waals surface area contributed by atoms with Crippen LogP contribution in [-0.4, -0.2) is 38.7 Å². The van der Waals surface area contributed by atoms with Gasteiger partial charge in [0.25, 0.3) is 0 Å². The molecule has 0 aromatic heterocycles. The lowest BCUT2D eigenvalue weighted by molar-refractivity contribution is -0.189. The van der Waals surface area contributed by atoms with Crippen LogP contribution >= 0.6 is 0 Å². The molecule has 25 heavy (non-hydrogen) atoms. The van der Waals surface area contributed by atoms with Gasteiger partial charge in [-0.15, -0.1) is 0 Å². The van der Waals surface area contributed by atoms with Crippen LogP contribution in [0.1, 0.15) is 31.2 Å². The summed E-state index contributed by atoms with van der Waals surface area (Å²) in [6, 6.07) is 14.8. The average molecular weight is 343 g/mol. The second kappa shape index (κ2) is 8.83. The van der Waals surface area contributed by atoms with Gasteiger partial charge in [0.15, 0.2) is 6.29 Å². The van der Waals surface area contributed by atoms with Gasteiger partial charge in [0.05, 0.1) is 19.8 Å². The van der Waals surface area contributed by atoms with Gasteiger partial charge >= 0.3 is 6.09 Å². The van der Waals surface area contributed by atoms with E-state index >= 15 is 0 Å². The van der Waals surface area contributed by atoms with E-state index in [1.54, 1.807) is 6.92 Å². The van der Waals surface area contributed by atoms with Gasteiger partial charge in [0.1, 0.15) is 0 Å². The normalized spacial score (nSPS) is 20.4. The molecule has 0 radical (unpaired) electrons. The molecule has 0 spiro atoms. The summed E-state index contributed by atoms with van der Waals surface area (Å²) in [5, 5.41) is 5.21.